The van der Waals surface area contributed by atoms with Crippen molar-refractivity contribution in [3.63, 3.8) is 0 Å². The SMILES string of the molecule is COCCOc1c(-c2ccc(OC3CCN(C(=O)[C@H]4CCCO4)CC3)cc2)ccc2cccnc12.Cl. The Morgan fingerprint density at radius 3 is 2.58 bits per heavy atom. The van der Waals surface area contributed by atoms with Crippen LogP contribution in [0.1, 0.15) is 25.7 Å². The fourth-order valence-corrected chi connectivity index (χ4v) is 4.79. The Morgan fingerprint density at radius 2 is 1.86 bits per heavy atom. The zero-order valence-electron chi connectivity index (χ0n) is 20.6. The van der Waals surface area contributed by atoms with Crippen LogP contribution in [0, 0.1) is 0 Å². The monoisotopic (exact) mass is 512 g/mol. The lowest BCUT2D eigenvalue weighted by Crippen LogP contribution is -2.45. The fraction of sp³-hybridized carbons (Fsp3) is 0.429. The number of hydrogen-bond donors (Lipinski definition) is 0. The summed E-state index contributed by atoms with van der Waals surface area (Å²) < 4.78 is 23.1. The molecule has 8 heteroatoms. The summed E-state index contributed by atoms with van der Waals surface area (Å²) in [5.74, 6) is 1.73. The van der Waals surface area contributed by atoms with Crippen LogP contribution in [-0.2, 0) is 14.3 Å². The average molecular weight is 513 g/mol. The third kappa shape index (κ3) is 5.91. The lowest BCUT2D eigenvalue weighted by Gasteiger charge is -2.33. The van der Waals surface area contributed by atoms with E-state index in [1.807, 2.05) is 29.2 Å². The van der Waals surface area contributed by atoms with Gasteiger partial charge in [-0.25, -0.2) is 0 Å². The molecule has 2 fully saturated rings. The van der Waals surface area contributed by atoms with Crippen molar-refractivity contribution in [2.75, 3.05) is 40.0 Å². The van der Waals surface area contributed by atoms with Crippen LogP contribution in [0.4, 0.5) is 0 Å². The van der Waals surface area contributed by atoms with E-state index in [2.05, 4.69) is 29.2 Å². The van der Waals surface area contributed by atoms with Gasteiger partial charge in [0.05, 0.1) is 6.61 Å². The van der Waals surface area contributed by atoms with Gasteiger partial charge in [0.2, 0.25) is 0 Å². The molecule has 0 radical (unpaired) electrons. The number of methoxy groups -OCH3 is 1. The normalized spacial score (nSPS) is 18.1. The molecule has 1 amide bonds. The first-order valence-corrected chi connectivity index (χ1v) is 12.4. The molecule has 2 aromatic carbocycles. The third-order valence-electron chi connectivity index (χ3n) is 6.69. The molecule has 0 bridgehead atoms. The molecule has 0 unspecified atom stereocenters. The van der Waals surface area contributed by atoms with E-state index in [0.717, 1.165) is 59.2 Å². The van der Waals surface area contributed by atoms with Crippen molar-refractivity contribution in [2.24, 2.45) is 0 Å². The van der Waals surface area contributed by atoms with Crippen LogP contribution in [0.2, 0.25) is 0 Å². The smallest absolute Gasteiger partial charge is 0.251 e. The Labute approximate surface area is 218 Å². The molecule has 36 heavy (non-hydrogen) atoms. The Bertz CT molecular complexity index is 1140. The van der Waals surface area contributed by atoms with E-state index in [0.29, 0.717) is 32.9 Å². The molecular weight excluding hydrogens is 480 g/mol. The molecule has 0 aliphatic carbocycles. The molecular formula is C28H33ClN2O5. The quantitative estimate of drug-likeness (QED) is 0.400. The second kappa shape index (κ2) is 12.4. The highest BCUT2D eigenvalue weighted by molar-refractivity contribution is 5.92. The number of piperidine rings is 1. The number of pyridine rings is 1. The van der Waals surface area contributed by atoms with E-state index in [4.69, 9.17) is 18.9 Å². The molecule has 7 nitrogen and oxygen atoms in total. The minimum absolute atomic E-state index is 0. The Kier molecular flexibility index (Phi) is 9.02. The first-order chi connectivity index (χ1) is 17.2. The van der Waals surface area contributed by atoms with E-state index in [1.165, 1.54) is 0 Å². The number of carbonyl (C=O) groups is 1. The van der Waals surface area contributed by atoms with Crippen LogP contribution in [-0.4, -0.2) is 68.0 Å². The van der Waals surface area contributed by atoms with Gasteiger partial charge in [0, 0.05) is 56.8 Å². The van der Waals surface area contributed by atoms with Crippen LogP contribution in [0.15, 0.2) is 54.7 Å². The van der Waals surface area contributed by atoms with Crippen molar-refractivity contribution >= 4 is 29.2 Å². The molecule has 2 aliphatic rings. The molecule has 3 heterocycles. The second-order valence-corrected chi connectivity index (χ2v) is 9.03. The highest BCUT2D eigenvalue weighted by Crippen LogP contribution is 2.36. The number of nitrogens with zero attached hydrogens (tertiary/aromatic N) is 2. The van der Waals surface area contributed by atoms with Crippen LogP contribution in [0.3, 0.4) is 0 Å². The zero-order valence-corrected chi connectivity index (χ0v) is 21.4. The predicted octanol–water partition coefficient (Wildman–Crippen LogP) is 4.90. The number of hydrogen-bond acceptors (Lipinski definition) is 6. The maximum Gasteiger partial charge on any atom is 0.251 e. The molecule has 192 valence electrons. The number of ether oxygens (including phenoxy) is 4. The van der Waals surface area contributed by atoms with E-state index >= 15 is 0 Å². The summed E-state index contributed by atoms with van der Waals surface area (Å²) in [6.07, 6.45) is 5.12. The van der Waals surface area contributed by atoms with Gasteiger partial charge in [0.15, 0.2) is 5.75 Å². The van der Waals surface area contributed by atoms with Crippen molar-refractivity contribution in [3.8, 4) is 22.6 Å². The Hall–Kier alpha value is -2.87. The van der Waals surface area contributed by atoms with Crippen LogP contribution < -0.4 is 9.47 Å². The molecule has 2 aliphatic heterocycles. The van der Waals surface area contributed by atoms with Gasteiger partial charge in [-0.1, -0.05) is 24.3 Å². The first-order valence-electron chi connectivity index (χ1n) is 12.4. The summed E-state index contributed by atoms with van der Waals surface area (Å²) in [6.45, 7) is 3.09. The molecule has 0 saturated carbocycles. The highest BCUT2D eigenvalue weighted by Gasteiger charge is 2.31. The summed E-state index contributed by atoms with van der Waals surface area (Å²) in [6, 6.07) is 16.2. The number of aromatic nitrogens is 1. The number of halogens is 1. The maximum absolute atomic E-state index is 12.6. The van der Waals surface area contributed by atoms with Gasteiger partial charge in [0.25, 0.3) is 5.91 Å². The average Bonchev–Trinajstić information content (AvgIpc) is 3.45. The van der Waals surface area contributed by atoms with Crippen molar-refractivity contribution in [2.45, 2.75) is 37.9 Å². The lowest BCUT2D eigenvalue weighted by atomic mass is 10.0. The summed E-state index contributed by atoms with van der Waals surface area (Å²) in [5.41, 5.74) is 2.86. The zero-order chi connectivity index (χ0) is 24.0. The Morgan fingerprint density at radius 1 is 1.06 bits per heavy atom. The number of likely N-dealkylation sites (tertiary alicyclic amines) is 1. The molecule has 1 aromatic heterocycles. The second-order valence-electron chi connectivity index (χ2n) is 9.03. The fourth-order valence-electron chi connectivity index (χ4n) is 4.79. The molecule has 0 N–H and O–H groups in total. The predicted molar refractivity (Wildman–Crippen MR) is 141 cm³/mol. The maximum atomic E-state index is 12.6. The number of rotatable bonds is 8. The van der Waals surface area contributed by atoms with Crippen LogP contribution >= 0.6 is 12.4 Å². The van der Waals surface area contributed by atoms with E-state index in [9.17, 15) is 4.79 Å². The van der Waals surface area contributed by atoms with Crippen molar-refractivity contribution < 1.29 is 23.7 Å². The summed E-state index contributed by atoms with van der Waals surface area (Å²) in [7, 11) is 1.66. The summed E-state index contributed by atoms with van der Waals surface area (Å²) >= 11 is 0. The van der Waals surface area contributed by atoms with E-state index in [1.54, 1.807) is 13.3 Å². The summed E-state index contributed by atoms with van der Waals surface area (Å²) in [5, 5.41) is 1.04. The minimum atomic E-state index is -0.242. The topological polar surface area (TPSA) is 70.1 Å². The largest absolute Gasteiger partial charge is 0.490 e. The number of fused-ring (bicyclic) bond motifs is 1. The van der Waals surface area contributed by atoms with Crippen LogP contribution in [0.25, 0.3) is 22.0 Å². The van der Waals surface area contributed by atoms with Gasteiger partial charge in [-0.05, 0) is 42.7 Å². The highest BCUT2D eigenvalue weighted by atomic mass is 35.5. The standard InChI is InChI=1S/C28H32N2O5.ClH/c1-32-18-19-34-27-24(11-8-21-4-2-14-29-26(21)27)20-6-9-22(10-7-20)35-23-12-15-30(16-13-23)28(31)25-5-3-17-33-25;/h2,4,6-11,14,23,25H,3,5,12-13,15-19H2,1H3;1H/t25-;/m1./s1. The number of benzene rings is 2. The number of carbonyl (C=O) groups excluding carboxylic acids is 1. The van der Waals surface area contributed by atoms with Crippen molar-refractivity contribution in [1.29, 1.82) is 0 Å². The van der Waals surface area contributed by atoms with Gasteiger partial charge in [-0.15, -0.1) is 12.4 Å². The summed E-state index contributed by atoms with van der Waals surface area (Å²) in [4.78, 5) is 19.1. The first kappa shape index (κ1) is 26.2. The van der Waals surface area contributed by atoms with Crippen molar-refractivity contribution in [1.82, 2.24) is 9.88 Å². The van der Waals surface area contributed by atoms with Crippen LogP contribution in [0.5, 0.6) is 11.5 Å². The van der Waals surface area contributed by atoms with Gasteiger partial charge >= 0.3 is 0 Å². The van der Waals surface area contributed by atoms with Gasteiger partial charge in [-0.2, -0.15) is 0 Å². The van der Waals surface area contributed by atoms with Gasteiger partial charge < -0.3 is 23.8 Å². The molecule has 3 aromatic rings. The van der Waals surface area contributed by atoms with E-state index < -0.39 is 0 Å². The Balaban J connectivity index is 0.00000304. The van der Waals surface area contributed by atoms with E-state index in [-0.39, 0.29) is 30.5 Å². The molecule has 2 saturated heterocycles. The number of amides is 1. The minimum Gasteiger partial charge on any atom is -0.490 e. The van der Waals surface area contributed by atoms with Gasteiger partial charge in [0.1, 0.15) is 30.1 Å². The molecule has 1 atom stereocenters. The lowest BCUT2D eigenvalue weighted by molar-refractivity contribution is -0.142. The molecule has 5 rings (SSSR count). The van der Waals surface area contributed by atoms with Crippen molar-refractivity contribution in [3.05, 3.63) is 54.7 Å². The van der Waals surface area contributed by atoms with Gasteiger partial charge in [-0.3, -0.25) is 9.78 Å². The molecule has 0 spiro atoms. The third-order valence-corrected chi connectivity index (χ3v) is 6.69.